The molecule has 0 aliphatic carbocycles. The number of ether oxygens (including phenoxy) is 2. The lowest BCUT2D eigenvalue weighted by Crippen LogP contribution is -2.37. The Morgan fingerprint density at radius 3 is 1.21 bits per heavy atom. The molecule has 0 saturated heterocycles. The summed E-state index contributed by atoms with van der Waals surface area (Å²) in [6, 6.07) is 0. The Hall–Kier alpha value is -0.990. The van der Waals surface area contributed by atoms with Gasteiger partial charge in [-0.1, -0.05) is 187 Å². The van der Waals surface area contributed by atoms with Crippen LogP contribution in [0.2, 0.25) is 0 Å². The minimum Gasteiger partial charge on any atom is -0.462 e. The fourth-order valence-corrected chi connectivity index (χ4v) is 7.11. The van der Waals surface area contributed by atoms with Gasteiger partial charge in [-0.3, -0.25) is 18.6 Å². The van der Waals surface area contributed by atoms with Gasteiger partial charge in [0.25, 0.3) is 0 Å². The number of hydrogen-bond donors (Lipinski definition) is 1. The van der Waals surface area contributed by atoms with Gasteiger partial charge >= 0.3 is 19.8 Å². The van der Waals surface area contributed by atoms with Crippen molar-refractivity contribution in [2.75, 3.05) is 47.5 Å². The molecule has 0 aliphatic heterocycles. The first-order chi connectivity index (χ1) is 25.5. The molecule has 0 fully saturated rings. The van der Waals surface area contributed by atoms with E-state index in [4.69, 9.17) is 18.5 Å². The van der Waals surface area contributed by atoms with E-state index < -0.39 is 26.5 Å². The second kappa shape index (κ2) is 36.6. The van der Waals surface area contributed by atoms with Crippen LogP contribution in [0.4, 0.5) is 0 Å². The van der Waals surface area contributed by atoms with E-state index in [1.165, 1.54) is 148 Å². The van der Waals surface area contributed by atoms with Crippen molar-refractivity contribution in [3.63, 3.8) is 0 Å². The SMILES string of the molecule is CCCCCCCCCCCCCCCCCCC(=O)OC(COC(=O)CCCCCCCCCCCCCCC)COP(=O)(O)OCC[N+](C)(C)C. The van der Waals surface area contributed by atoms with Gasteiger partial charge in [0.05, 0.1) is 27.7 Å². The first-order valence-corrected chi connectivity index (χ1v) is 23.8. The Morgan fingerprint density at radius 1 is 0.509 bits per heavy atom. The van der Waals surface area contributed by atoms with E-state index in [2.05, 4.69) is 13.8 Å². The molecule has 0 aromatic rings. The van der Waals surface area contributed by atoms with Crippen LogP contribution < -0.4 is 0 Å². The van der Waals surface area contributed by atoms with Crippen LogP contribution in [0.3, 0.4) is 0 Å². The first kappa shape index (κ1) is 52.0. The fraction of sp³-hybridized carbons (Fsp3) is 0.953. The monoisotopic (exact) mass is 777 g/mol. The maximum absolute atomic E-state index is 12.7. The van der Waals surface area contributed by atoms with Crippen molar-refractivity contribution in [2.45, 2.75) is 219 Å². The number of likely N-dealkylation sites (N-methyl/N-ethyl adjacent to an activating group) is 1. The zero-order valence-corrected chi connectivity index (χ0v) is 36.4. The fourth-order valence-electron chi connectivity index (χ4n) is 6.37. The van der Waals surface area contributed by atoms with Crippen molar-refractivity contribution < 1.29 is 42.1 Å². The van der Waals surface area contributed by atoms with E-state index in [0.29, 0.717) is 17.4 Å². The van der Waals surface area contributed by atoms with Gasteiger partial charge in [0.2, 0.25) is 0 Å². The molecule has 0 aromatic heterocycles. The van der Waals surface area contributed by atoms with Crippen molar-refractivity contribution in [3.05, 3.63) is 0 Å². The molecule has 0 saturated carbocycles. The predicted molar refractivity (Wildman–Crippen MR) is 220 cm³/mol. The minimum atomic E-state index is -4.36. The molecule has 0 heterocycles. The third-order valence-electron chi connectivity index (χ3n) is 9.89. The van der Waals surface area contributed by atoms with Crippen molar-refractivity contribution in [2.24, 2.45) is 0 Å². The van der Waals surface area contributed by atoms with Crippen LogP contribution in [0.5, 0.6) is 0 Å². The number of nitrogens with zero attached hydrogens (tertiary/aromatic N) is 1. The highest BCUT2D eigenvalue weighted by Crippen LogP contribution is 2.43. The van der Waals surface area contributed by atoms with Crippen LogP contribution in [-0.4, -0.2) is 74.9 Å². The van der Waals surface area contributed by atoms with Gasteiger partial charge in [0.15, 0.2) is 6.10 Å². The van der Waals surface area contributed by atoms with Gasteiger partial charge in [-0.2, -0.15) is 0 Å². The third-order valence-corrected chi connectivity index (χ3v) is 10.9. The Bertz CT molecular complexity index is 881. The van der Waals surface area contributed by atoms with Crippen molar-refractivity contribution >= 4 is 19.8 Å². The number of phosphoric ester groups is 1. The Kier molecular flexibility index (Phi) is 36.0. The van der Waals surface area contributed by atoms with E-state index in [-0.39, 0.29) is 25.6 Å². The zero-order valence-electron chi connectivity index (χ0n) is 35.5. The maximum Gasteiger partial charge on any atom is 0.472 e. The van der Waals surface area contributed by atoms with Gasteiger partial charge in [-0.25, -0.2) is 4.57 Å². The molecule has 53 heavy (non-hydrogen) atoms. The number of hydrogen-bond acceptors (Lipinski definition) is 7. The second-order valence-electron chi connectivity index (χ2n) is 16.5. The molecule has 0 aromatic carbocycles. The number of quaternary nitrogens is 1. The molecule has 0 spiro atoms. The third kappa shape index (κ3) is 40.5. The molecule has 0 bridgehead atoms. The Balaban J connectivity index is 4.31. The molecule has 1 N–H and O–H groups in total. The van der Waals surface area contributed by atoms with Crippen molar-refractivity contribution in [3.8, 4) is 0 Å². The van der Waals surface area contributed by atoms with Crippen LogP contribution in [0, 0.1) is 0 Å². The topological polar surface area (TPSA) is 108 Å². The molecule has 0 radical (unpaired) electrons. The summed E-state index contributed by atoms with van der Waals surface area (Å²) in [5.41, 5.74) is 0. The molecule has 316 valence electrons. The summed E-state index contributed by atoms with van der Waals surface area (Å²) in [6.45, 7) is 4.46. The lowest BCUT2D eigenvalue weighted by molar-refractivity contribution is -0.870. The van der Waals surface area contributed by atoms with Crippen molar-refractivity contribution in [1.82, 2.24) is 0 Å². The number of phosphoric acid groups is 1. The predicted octanol–water partition coefficient (Wildman–Crippen LogP) is 12.4. The van der Waals surface area contributed by atoms with Gasteiger partial charge < -0.3 is 18.9 Å². The van der Waals surface area contributed by atoms with Gasteiger partial charge in [0.1, 0.15) is 19.8 Å². The average molecular weight is 777 g/mol. The number of esters is 2. The summed E-state index contributed by atoms with van der Waals surface area (Å²) < 4.78 is 34.3. The normalized spacial score (nSPS) is 13.5. The molecular formula is C43H87NO8P+. The van der Waals surface area contributed by atoms with Gasteiger partial charge in [-0.05, 0) is 12.8 Å². The summed E-state index contributed by atoms with van der Waals surface area (Å²) in [5, 5.41) is 0. The van der Waals surface area contributed by atoms with Crippen LogP contribution >= 0.6 is 7.82 Å². The van der Waals surface area contributed by atoms with E-state index in [9.17, 15) is 19.0 Å². The zero-order chi connectivity index (χ0) is 39.3. The van der Waals surface area contributed by atoms with Gasteiger partial charge in [-0.15, -0.1) is 0 Å². The second-order valence-corrected chi connectivity index (χ2v) is 17.9. The highest BCUT2D eigenvalue weighted by atomic mass is 31.2. The summed E-state index contributed by atoms with van der Waals surface area (Å²) in [5.74, 6) is -0.784. The first-order valence-electron chi connectivity index (χ1n) is 22.3. The van der Waals surface area contributed by atoms with Crippen LogP contribution in [0.15, 0.2) is 0 Å². The lowest BCUT2D eigenvalue weighted by Gasteiger charge is -2.24. The minimum absolute atomic E-state index is 0.0368. The number of rotatable bonds is 41. The molecule has 2 unspecified atom stereocenters. The molecule has 2 atom stereocenters. The Labute approximate surface area is 327 Å². The molecule has 0 amide bonds. The quantitative estimate of drug-likeness (QED) is 0.0283. The van der Waals surface area contributed by atoms with Gasteiger partial charge in [0, 0.05) is 12.8 Å². The van der Waals surface area contributed by atoms with Crippen LogP contribution in [0.25, 0.3) is 0 Å². The van der Waals surface area contributed by atoms with Crippen LogP contribution in [0.1, 0.15) is 213 Å². The number of unbranched alkanes of at least 4 members (excludes halogenated alkanes) is 27. The molecule has 0 rings (SSSR count). The van der Waals surface area contributed by atoms with E-state index >= 15 is 0 Å². The maximum atomic E-state index is 12.7. The standard InChI is InChI=1S/C43H86NO8P/c1-6-8-10-12-14-16-18-20-21-22-24-26-28-30-32-34-36-43(46)52-41(40-51-53(47,48)50-38-37-44(3,4)5)39-49-42(45)35-33-31-29-27-25-23-19-17-15-13-11-9-7-2/h41H,6-40H2,1-5H3/p+1. The summed E-state index contributed by atoms with van der Waals surface area (Å²) in [6.07, 6.45) is 35.7. The molecular weight excluding hydrogens is 689 g/mol. The number of carbonyl (C=O) groups excluding carboxylic acids is 2. The highest BCUT2D eigenvalue weighted by molar-refractivity contribution is 7.47. The van der Waals surface area contributed by atoms with E-state index in [1.807, 2.05) is 21.1 Å². The van der Waals surface area contributed by atoms with Crippen molar-refractivity contribution in [1.29, 1.82) is 0 Å². The summed E-state index contributed by atoms with van der Waals surface area (Å²) >= 11 is 0. The average Bonchev–Trinajstić information content (AvgIpc) is 3.10. The van der Waals surface area contributed by atoms with E-state index in [1.54, 1.807) is 0 Å². The number of carbonyl (C=O) groups is 2. The molecule has 0 aliphatic rings. The Morgan fingerprint density at radius 2 is 0.849 bits per heavy atom. The smallest absolute Gasteiger partial charge is 0.462 e. The van der Waals surface area contributed by atoms with Crippen LogP contribution in [-0.2, 0) is 32.7 Å². The summed E-state index contributed by atoms with van der Waals surface area (Å²) in [7, 11) is 1.49. The van der Waals surface area contributed by atoms with E-state index in [0.717, 1.165) is 38.5 Å². The molecule has 9 nitrogen and oxygen atoms in total. The largest absolute Gasteiger partial charge is 0.472 e. The molecule has 10 heteroatoms. The summed E-state index contributed by atoms with van der Waals surface area (Å²) in [4.78, 5) is 35.3. The highest BCUT2D eigenvalue weighted by Gasteiger charge is 2.27. The lowest BCUT2D eigenvalue weighted by atomic mass is 10.0.